The van der Waals surface area contributed by atoms with Gasteiger partial charge in [-0.15, -0.1) is 0 Å². The normalized spacial score (nSPS) is 14.2. The second-order valence-corrected chi connectivity index (χ2v) is 5.67. The Kier molecular flexibility index (Phi) is 4.28. The largest absolute Gasteiger partial charge is 0.416 e. The minimum Gasteiger partial charge on any atom is -0.370 e. The summed E-state index contributed by atoms with van der Waals surface area (Å²) in [5, 5.41) is 0. The van der Waals surface area contributed by atoms with E-state index in [1.165, 1.54) is 12.1 Å². The molecule has 106 valence electrons. The first-order chi connectivity index (χ1) is 8.53. The van der Waals surface area contributed by atoms with Gasteiger partial charge in [0.1, 0.15) is 0 Å². The van der Waals surface area contributed by atoms with Gasteiger partial charge in [0.05, 0.1) is 5.56 Å². The summed E-state index contributed by atoms with van der Waals surface area (Å²) in [5.41, 5.74) is 4.10. The number of carbonyl (C=O) groups is 1. The van der Waals surface area contributed by atoms with E-state index < -0.39 is 29.0 Å². The molecular formula is C14H18F3NO. The van der Waals surface area contributed by atoms with Crippen LogP contribution in [0.25, 0.3) is 0 Å². The molecule has 5 heteroatoms. The first-order valence-electron chi connectivity index (χ1n) is 5.98. The van der Waals surface area contributed by atoms with E-state index in [0.29, 0.717) is 0 Å². The van der Waals surface area contributed by atoms with E-state index in [9.17, 15) is 18.0 Å². The van der Waals surface area contributed by atoms with Gasteiger partial charge in [0.2, 0.25) is 5.91 Å². The molecule has 1 aromatic rings. The van der Waals surface area contributed by atoms with E-state index in [-0.39, 0.29) is 12.0 Å². The van der Waals surface area contributed by atoms with Gasteiger partial charge >= 0.3 is 6.18 Å². The zero-order valence-electron chi connectivity index (χ0n) is 11.2. The molecule has 0 aliphatic carbocycles. The molecule has 0 saturated heterocycles. The molecule has 0 bridgehead atoms. The number of alkyl halides is 3. The number of amides is 1. The van der Waals surface area contributed by atoms with E-state index in [1.807, 2.05) is 0 Å². The molecule has 1 atom stereocenters. The molecular weight excluding hydrogens is 255 g/mol. The lowest BCUT2D eigenvalue weighted by atomic mass is 9.73. The summed E-state index contributed by atoms with van der Waals surface area (Å²) in [5.74, 6) is -1.17. The topological polar surface area (TPSA) is 43.1 Å². The van der Waals surface area contributed by atoms with Crippen LogP contribution in [0.2, 0.25) is 0 Å². The van der Waals surface area contributed by atoms with Crippen molar-refractivity contribution in [3.63, 3.8) is 0 Å². The van der Waals surface area contributed by atoms with Crippen LogP contribution in [0.5, 0.6) is 0 Å². The van der Waals surface area contributed by atoms with Crippen molar-refractivity contribution in [2.75, 3.05) is 0 Å². The Hall–Kier alpha value is -1.52. The van der Waals surface area contributed by atoms with Crippen LogP contribution in [0.15, 0.2) is 24.3 Å². The van der Waals surface area contributed by atoms with Crippen molar-refractivity contribution in [2.24, 2.45) is 11.1 Å². The highest BCUT2D eigenvalue weighted by molar-refractivity contribution is 5.75. The Morgan fingerprint density at radius 2 is 1.74 bits per heavy atom. The van der Waals surface area contributed by atoms with Crippen molar-refractivity contribution in [1.29, 1.82) is 0 Å². The summed E-state index contributed by atoms with van der Waals surface area (Å²) in [6.07, 6.45) is -4.53. The first-order valence-corrected chi connectivity index (χ1v) is 5.98. The maximum Gasteiger partial charge on any atom is 0.416 e. The van der Waals surface area contributed by atoms with Crippen LogP contribution in [0.4, 0.5) is 13.2 Å². The van der Waals surface area contributed by atoms with Gasteiger partial charge in [-0.1, -0.05) is 39.0 Å². The monoisotopic (exact) mass is 273 g/mol. The number of benzene rings is 1. The summed E-state index contributed by atoms with van der Waals surface area (Å²) in [6, 6.07) is 5.34. The van der Waals surface area contributed by atoms with Crippen LogP contribution < -0.4 is 5.73 Å². The third-order valence-electron chi connectivity index (χ3n) is 3.09. The van der Waals surface area contributed by atoms with Gasteiger partial charge in [0, 0.05) is 6.42 Å². The maximum atomic E-state index is 13.0. The predicted molar refractivity (Wildman–Crippen MR) is 67.5 cm³/mol. The lowest BCUT2D eigenvalue weighted by Gasteiger charge is -2.32. The molecule has 0 aliphatic rings. The molecule has 2 nitrogen and oxygen atoms in total. The summed E-state index contributed by atoms with van der Waals surface area (Å²) < 4.78 is 39.1. The Balaban J connectivity index is 3.35. The van der Waals surface area contributed by atoms with Crippen molar-refractivity contribution < 1.29 is 18.0 Å². The molecule has 2 N–H and O–H groups in total. The lowest BCUT2D eigenvalue weighted by molar-refractivity contribution is -0.139. The van der Waals surface area contributed by atoms with Gasteiger partial charge < -0.3 is 5.73 Å². The Morgan fingerprint density at radius 1 is 1.21 bits per heavy atom. The Labute approximate surface area is 110 Å². The van der Waals surface area contributed by atoms with Crippen molar-refractivity contribution in [3.05, 3.63) is 35.4 Å². The van der Waals surface area contributed by atoms with Crippen LogP contribution in [-0.2, 0) is 11.0 Å². The molecule has 0 aromatic heterocycles. The molecule has 1 aromatic carbocycles. The molecule has 0 fully saturated rings. The fourth-order valence-electron chi connectivity index (χ4n) is 2.14. The van der Waals surface area contributed by atoms with Gasteiger partial charge in [-0.2, -0.15) is 13.2 Å². The number of halogens is 3. The Bertz CT molecular complexity index is 460. The minimum absolute atomic E-state index is 0.101. The van der Waals surface area contributed by atoms with Crippen molar-refractivity contribution in [3.8, 4) is 0 Å². The molecule has 0 aliphatic heterocycles. The van der Waals surface area contributed by atoms with Crippen LogP contribution in [0.1, 0.15) is 44.2 Å². The minimum atomic E-state index is -4.43. The molecule has 1 unspecified atom stereocenters. The van der Waals surface area contributed by atoms with Gasteiger partial charge in [0.25, 0.3) is 0 Å². The summed E-state index contributed by atoms with van der Waals surface area (Å²) in [4.78, 5) is 11.1. The quantitative estimate of drug-likeness (QED) is 0.896. The van der Waals surface area contributed by atoms with Crippen molar-refractivity contribution in [2.45, 2.75) is 39.3 Å². The summed E-state index contributed by atoms with van der Waals surface area (Å²) in [6.45, 7) is 5.40. The molecule has 0 heterocycles. The second-order valence-electron chi connectivity index (χ2n) is 5.67. The second kappa shape index (κ2) is 5.23. The lowest BCUT2D eigenvalue weighted by Crippen LogP contribution is -2.27. The van der Waals surface area contributed by atoms with Gasteiger partial charge in [0.15, 0.2) is 0 Å². The molecule has 0 spiro atoms. The number of nitrogens with two attached hydrogens (primary N) is 1. The van der Waals surface area contributed by atoms with Crippen LogP contribution >= 0.6 is 0 Å². The highest BCUT2D eigenvalue weighted by atomic mass is 19.4. The average molecular weight is 273 g/mol. The molecule has 1 amide bonds. The fraction of sp³-hybridized carbons (Fsp3) is 0.500. The number of rotatable bonds is 3. The van der Waals surface area contributed by atoms with E-state index in [4.69, 9.17) is 5.73 Å². The van der Waals surface area contributed by atoms with E-state index in [2.05, 4.69) is 0 Å². The average Bonchev–Trinajstić information content (AvgIpc) is 2.23. The van der Waals surface area contributed by atoms with E-state index >= 15 is 0 Å². The molecule has 1 rings (SSSR count). The number of hydrogen-bond donors (Lipinski definition) is 1. The first kappa shape index (κ1) is 15.5. The molecule has 19 heavy (non-hydrogen) atoms. The standard InChI is InChI=1S/C14H18F3NO/c1-13(2,3)11(8-12(18)19)9-6-4-5-7-10(9)14(15,16)17/h4-7,11H,8H2,1-3H3,(H2,18,19). The summed E-state index contributed by atoms with van der Waals surface area (Å²) >= 11 is 0. The van der Waals surface area contributed by atoms with Crippen LogP contribution in [0.3, 0.4) is 0 Å². The van der Waals surface area contributed by atoms with E-state index in [0.717, 1.165) is 6.07 Å². The van der Waals surface area contributed by atoms with E-state index in [1.54, 1.807) is 26.8 Å². The van der Waals surface area contributed by atoms with Gasteiger partial charge in [-0.05, 0) is 23.0 Å². The number of primary amides is 1. The molecule has 0 radical (unpaired) electrons. The fourth-order valence-corrected chi connectivity index (χ4v) is 2.14. The predicted octanol–water partition coefficient (Wildman–Crippen LogP) is 3.71. The zero-order chi connectivity index (χ0) is 14.8. The van der Waals surface area contributed by atoms with Crippen LogP contribution in [0, 0.1) is 5.41 Å². The SMILES string of the molecule is CC(C)(C)C(CC(N)=O)c1ccccc1C(F)(F)F. The maximum absolute atomic E-state index is 13.0. The smallest absolute Gasteiger partial charge is 0.370 e. The summed E-state index contributed by atoms with van der Waals surface area (Å²) in [7, 11) is 0. The van der Waals surface area contributed by atoms with Crippen molar-refractivity contribution >= 4 is 5.91 Å². The molecule has 0 saturated carbocycles. The van der Waals surface area contributed by atoms with Crippen LogP contribution in [-0.4, -0.2) is 5.91 Å². The highest BCUT2D eigenvalue weighted by Gasteiger charge is 2.38. The Morgan fingerprint density at radius 3 is 2.16 bits per heavy atom. The third-order valence-corrected chi connectivity index (χ3v) is 3.09. The zero-order valence-corrected chi connectivity index (χ0v) is 11.2. The van der Waals surface area contributed by atoms with Gasteiger partial charge in [-0.3, -0.25) is 4.79 Å². The van der Waals surface area contributed by atoms with Gasteiger partial charge in [-0.25, -0.2) is 0 Å². The highest BCUT2D eigenvalue weighted by Crippen LogP contribution is 2.43. The van der Waals surface area contributed by atoms with Crippen molar-refractivity contribution in [1.82, 2.24) is 0 Å². The number of hydrogen-bond acceptors (Lipinski definition) is 1. The third kappa shape index (κ3) is 3.98. The number of carbonyl (C=O) groups excluding carboxylic acids is 1.